The molecule has 3 heteroatoms. The quantitative estimate of drug-likeness (QED) is 0.718. The molecule has 1 aliphatic rings. The number of hydrogen-bond donors (Lipinski definition) is 1. The van der Waals surface area contributed by atoms with Crippen LogP contribution in [0.15, 0.2) is 35.3 Å². The van der Waals surface area contributed by atoms with Gasteiger partial charge in [-0.3, -0.25) is 10.4 Å². The van der Waals surface area contributed by atoms with Crippen molar-refractivity contribution in [2.45, 2.75) is 13.0 Å². The van der Waals surface area contributed by atoms with Crippen LogP contribution >= 0.6 is 0 Å². The average Bonchev–Trinajstić information content (AvgIpc) is 2.47. The van der Waals surface area contributed by atoms with E-state index in [1.54, 1.807) is 0 Å². The molecule has 1 aliphatic heterocycles. The van der Waals surface area contributed by atoms with E-state index >= 15 is 0 Å². The van der Waals surface area contributed by atoms with Crippen molar-refractivity contribution in [2.24, 2.45) is 4.99 Å². The van der Waals surface area contributed by atoms with Gasteiger partial charge in [0.05, 0.1) is 0 Å². The summed E-state index contributed by atoms with van der Waals surface area (Å²) >= 11 is 0. The second kappa shape index (κ2) is 3.25. The Labute approximate surface area is 83.6 Å². The zero-order valence-corrected chi connectivity index (χ0v) is 8.36. The summed E-state index contributed by atoms with van der Waals surface area (Å²) in [4.78, 5) is 6.26. The summed E-state index contributed by atoms with van der Waals surface area (Å²) in [6, 6.07) is 9.84. The predicted molar refractivity (Wildman–Crippen MR) is 57.8 cm³/mol. The van der Waals surface area contributed by atoms with E-state index < -0.39 is 0 Å². The molecule has 2 rings (SSSR count). The summed E-state index contributed by atoms with van der Waals surface area (Å²) < 4.78 is 0. The van der Waals surface area contributed by atoms with Crippen LogP contribution in [0.4, 0.5) is 0 Å². The number of nitrogens with zero attached hydrogens (tertiary/aromatic N) is 2. The number of amidine groups is 2. The summed E-state index contributed by atoms with van der Waals surface area (Å²) in [5, 5.41) is 7.89. The monoisotopic (exact) mass is 187 g/mol. The van der Waals surface area contributed by atoms with Gasteiger partial charge in [0.1, 0.15) is 17.7 Å². The average molecular weight is 187 g/mol. The van der Waals surface area contributed by atoms with Crippen molar-refractivity contribution in [1.82, 2.24) is 4.90 Å². The topological polar surface area (TPSA) is 39.5 Å². The first kappa shape index (κ1) is 8.94. The highest BCUT2D eigenvalue weighted by Crippen LogP contribution is 2.25. The maximum absolute atomic E-state index is 7.89. The van der Waals surface area contributed by atoms with Crippen molar-refractivity contribution < 1.29 is 0 Å². The predicted octanol–water partition coefficient (Wildman–Crippen LogP) is 2.07. The van der Waals surface area contributed by atoms with Crippen LogP contribution in [-0.4, -0.2) is 23.6 Å². The molecule has 0 radical (unpaired) electrons. The highest BCUT2D eigenvalue weighted by atomic mass is 15.3. The Kier molecular flexibility index (Phi) is 2.08. The molecule has 1 N–H and O–H groups in total. The van der Waals surface area contributed by atoms with Crippen molar-refractivity contribution in [1.29, 1.82) is 5.41 Å². The lowest BCUT2D eigenvalue weighted by molar-refractivity contribution is 0.742. The summed E-state index contributed by atoms with van der Waals surface area (Å²) in [6.07, 6.45) is 0. The van der Waals surface area contributed by atoms with Gasteiger partial charge < -0.3 is 4.90 Å². The van der Waals surface area contributed by atoms with Crippen LogP contribution in [0.5, 0.6) is 0 Å². The molecule has 1 atom stereocenters. The smallest absolute Gasteiger partial charge is 0.134 e. The third-order valence-corrected chi connectivity index (χ3v) is 2.54. The van der Waals surface area contributed by atoms with Crippen LogP contribution in [0.25, 0.3) is 0 Å². The molecule has 0 amide bonds. The Morgan fingerprint density at radius 3 is 2.43 bits per heavy atom. The Morgan fingerprint density at radius 1 is 1.29 bits per heavy atom. The van der Waals surface area contributed by atoms with Gasteiger partial charge in [-0.2, -0.15) is 0 Å². The molecule has 0 saturated heterocycles. The lowest BCUT2D eigenvalue weighted by Gasteiger charge is -2.13. The maximum atomic E-state index is 7.89. The van der Waals surface area contributed by atoms with Gasteiger partial charge in [0.25, 0.3) is 0 Å². The molecule has 1 heterocycles. The van der Waals surface area contributed by atoms with E-state index in [4.69, 9.17) is 5.41 Å². The first-order valence-corrected chi connectivity index (χ1v) is 4.61. The first-order valence-electron chi connectivity index (χ1n) is 4.61. The minimum absolute atomic E-state index is 0.110. The first-order chi connectivity index (χ1) is 6.70. The standard InChI is InChI=1S/C11H13N3/c1-8-13-10(11(12)14(8)2)9-6-4-3-5-7-9/h3-7,10,12H,1-2H3/t10-/m1/s1. The Bertz CT molecular complexity index is 381. The number of nitrogens with one attached hydrogen (secondary N) is 1. The van der Waals surface area contributed by atoms with Crippen LogP contribution < -0.4 is 0 Å². The lowest BCUT2D eigenvalue weighted by Crippen LogP contribution is -2.26. The molecule has 0 fully saturated rings. The number of hydrogen-bond acceptors (Lipinski definition) is 2. The highest BCUT2D eigenvalue weighted by molar-refractivity contribution is 6.06. The third-order valence-electron chi connectivity index (χ3n) is 2.54. The summed E-state index contributed by atoms with van der Waals surface area (Å²) in [5.41, 5.74) is 1.08. The summed E-state index contributed by atoms with van der Waals surface area (Å²) in [6.45, 7) is 1.93. The zero-order valence-electron chi connectivity index (χ0n) is 8.36. The van der Waals surface area contributed by atoms with Gasteiger partial charge in [-0.15, -0.1) is 0 Å². The zero-order chi connectivity index (χ0) is 10.1. The SMILES string of the molecule is CC1=N[C@H](c2ccccc2)C(=N)N1C. The van der Waals surface area contributed by atoms with Crippen molar-refractivity contribution in [3.63, 3.8) is 0 Å². The molecule has 0 unspecified atom stereocenters. The van der Waals surface area contributed by atoms with Crippen LogP contribution in [-0.2, 0) is 0 Å². The summed E-state index contributed by atoms with van der Waals surface area (Å²) in [5.74, 6) is 1.46. The molecule has 0 saturated carbocycles. The van der Waals surface area contributed by atoms with Gasteiger partial charge in [0, 0.05) is 7.05 Å². The molecule has 1 aromatic carbocycles. The molecular weight excluding hydrogens is 174 g/mol. The second-order valence-electron chi connectivity index (χ2n) is 3.43. The molecule has 0 bridgehead atoms. The van der Waals surface area contributed by atoms with E-state index in [0.717, 1.165) is 11.4 Å². The maximum Gasteiger partial charge on any atom is 0.134 e. The molecule has 0 aromatic heterocycles. The van der Waals surface area contributed by atoms with Crippen LogP contribution in [0.1, 0.15) is 18.5 Å². The fraction of sp³-hybridized carbons (Fsp3) is 0.273. The van der Waals surface area contributed by atoms with Gasteiger partial charge >= 0.3 is 0 Å². The fourth-order valence-corrected chi connectivity index (χ4v) is 1.56. The number of rotatable bonds is 1. The Hall–Kier alpha value is -1.64. The van der Waals surface area contributed by atoms with Crippen molar-refractivity contribution in [2.75, 3.05) is 7.05 Å². The molecule has 3 nitrogen and oxygen atoms in total. The van der Waals surface area contributed by atoms with Gasteiger partial charge in [-0.05, 0) is 12.5 Å². The van der Waals surface area contributed by atoms with E-state index in [1.807, 2.05) is 49.2 Å². The van der Waals surface area contributed by atoms with Gasteiger partial charge in [-0.1, -0.05) is 30.3 Å². The van der Waals surface area contributed by atoms with Gasteiger partial charge in [0.2, 0.25) is 0 Å². The van der Waals surface area contributed by atoms with Crippen LogP contribution in [0.2, 0.25) is 0 Å². The fourth-order valence-electron chi connectivity index (χ4n) is 1.56. The molecule has 0 aliphatic carbocycles. The number of aliphatic imine (C=N–C) groups is 1. The lowest BCUT2D eigenvalue weighted by atomic mass is 10.1. The van der Waals surface area contributed by atoms with Crippen molar-refractivity contribution in [3.8, 4) is 0 Å². The molecule has 72 valence electrons. The van der Waals surface area contributed by atoms with Crippen LogP contribution in [0.3, 0.4) is 0 Å². The third kappa shape index (κ3) is 1.31. The van der Waals surface area contributed by atoms with E-state index in [0.29, 0.717) is 5.84 Å². The van der Waals surface area contributed by atoms with Crippen LogP contribution in [0, 0.1) is 5.41 Å². The minimum atomic E-state index is -0.110. The highest BCUT2D eigenvalue weighted by Gasteiger charge is 2.26. The van der Waals surface area contributed by atoms with E-state index in [1.165, 1.54) is 0 Å². The molecule has 1 aromatic rings. The van der Waals surface area contributed by atoms with Crippen molar-refractivity contribution >= 4 is 11.7 Å². The Balaban J connectivity index is 2.35. The van der Waals surface area contributed by atoms with Gasteiger partial charge in [0.15, 0.2) is 0 Å². The molecule has 14 heavy (non-hydrogen) atoms. The molecule has 0 spiro atoms. The minimum Gasteiger partial charge on any atom is -0.320 e. The second-order valence-corrected chi connectivity index (χ2v) is 3.43. The molecular formula is C11H13N3. The van der Waals surface area contributed by atoms with E-state index in [9.17, 15) is 0 Å². The van der Waals surface area contributed by atoms with E-state index in [-0.39, 0.29) is 6.04 Å². The largest absolute Gasteiger partial charge is 0.320 e. The van der Waals surface area contributed by atoms with Gasteiger partial charge in [-0.25, -0.2) is 0 Å². The number of likely N-dealkylation sites (N-methyl/N-ethyl adjacent to an activating group) is 1. The normalized spacial score (nSPS) is 21.3. The number of benzene rings is 1. The summed E-state index contributed by atoms with van der Waals surface area (Å²) in [7, 11) is 1.88. The Morgan fingerprint density at radius 2 is 1.93 bits per heavy atom. The van der Waals surface area contributed by atoms with Crippen molar-refractivity contribution in [3.05, 3.63) is 35.9 Å². The van der Waals surface area contributed by atoms with E-state index in [2.05, 4.69) is 4.99 Å².